The Morgan fingerprint density at radius 2 is 2.00 bits per heavy atom. The van der Waals surface area contributed by atoms with Gasteiger partial charge in [0.15, 0.2) is 0 Å². The molecular formula is C11H24N2O2. The second-order valence-corrected chi connectivity index (χ2v) is 4.15. The molecule has 4 heteroatoms. The first-order chi connectivity index (χ1) is 6.99. The number of ether oxygens (including phenoxy) is 1. The van der Waals surface area contributed by atoms with Crippen molar-refractivity contribution in [3.8, 4) is 0 Å². The molecule has 1 amide bonds. The van der Waals surface area contributed by atoms with Gasteiger partial charge in [0.25, 0.3) is 5.91 Å². The number of nitrogens with zero attached hydrogens (tertiary/aromatic N) is 1. The van der Waals surface area contributed by atoms with Gasteiger partial charge in [-0.2, -0.15) is 0 Å². The van der Waals surface area contributed by atoms with Crippen LogP contribution in [0.4, 0.5) is 0 Å². The van der Waals surface area contributed by atoms with E-state index in [-0.39, 0.29) is 5.91 Å². The molecule has 4 nitrogen and oxygen atoms in total. The number of methoxy groups -OCH3 is 1. The van der Waals surface area contributed by atoms with Crippen molar-refractivity contribution in [3.05, 3.63) is 0 Å². The Morgan fingerprint density at radius 3 is 2.40 bits per heavy atom. The molecule has 90 valence electrons. The fraction of sp³-hybridized carbons (Fsp3) is 0.909. The lowest BCUT2D eigenvalue weighted by Gasteiger charge is -2.30. The zero-order valence-electron chi connectivity index (χ0n) is 10.4. The van der Waals surface area contributed by atoms with Crippen molar-refractivity contribution in [1.29, 1.82) is 0 Å². The average molecular weight is 216 g/mol. The summed E-state index contributed by atoms with van der Waals surface area (Å²) in [5.41, 5.74) is 4.71. The van der Waals surface area contributed by atoms with Crippen LogP contribution in [0.1, 0.15) is 33.6 Å². The van der Waals surface area contributed by atoms with Crippen LogP contribution >= 0.6 is 0 Å². The molecular weight excluding hydrogens is 192 g/mol. The van der Waals surface area contributed by atoms with Crippen LogP contribution < -0.4 is 5.73 Å². The molecule has 15 heavy (non-hydrogen) atoms. The SMILES string of the molecule is CCCN(CCCN)C(=O)C(C)(C)OC. The molecule has 0 saturated heterocycles. The molecule has 0 aromatic heterocycles. The lowest BCUT2D eigenvalue weighted by Crippen LogP contribution is -2.47. The molecule has 0 rings (SSSR count). The summed E-state index contributed by atoms with van der Waals surface area (Å²) in [6.45, 7) is 7.74. The fourth-order valence-corrected chi connectivity index (χ4v) is 1.34. The van der Waals surface area contributed by atoms with Crippen molar-refractivity contribution in [2.45, 2.75) is 39.2 Å². The van der Waals surface area contributed by atoms with Gasteiger partial charge in [0.05, 0.1) is 0 Å². The first kappa shape index (κ1) is 14.4. The standard InChI is InChI=1S/C11H24N2O2/c1-5-8-13(9-6-7-12)10(14)11(2,3)15-4/h5-9,12H2,1-4H3. The molecule has 0 aromatic rings. The van der Waals surface area contributed by atoms with Gasteiger partial charge in [-0.1, -0.05) is 6.92 Å². The zero-order chi connectivity index (χ0) is 11.9. The number of rotatable bonds is 7. The average Bonchev–Trinajstić information content (AvgIpc) is 2.23. The van der Waals surface area contributed by atoms with Crippen LogP contribution in [0.2, 0.25) is 0 Å². The monoisotopic (exact) mass is 216 g/mol. The summed E-state index contributed by atoms with van der Waals surface area (Å²) in [6.07, 6.45) is 1.79. The molecule has 0 spiro atoms. The summed E-state index contributed by atoms with van der Waals surface area (Å²) >= 11 is 0. The molecule has 0 atom stereocenters. The fourth-order valence-electron chi connectivity index (χ4n) is 1.34. The number of hydrogen-bond acceptors (Lipinski definition) is 3. The van der Waals surface area contributed by atoms with Crippen LogP contribution in [-0.4, -0.2) is 43.2 Å². The summed E-state index contributed by atoms with van der Waals surface area (Å²) in [7, 11) is 1.56. The van der Waals surface area contributed by atoms with Gasteiger partial charge in [-0.05, 0) is 33.2 Å². The van der Waals surface area contributed by atoms with Gasteiger partial charge in [-0.3, -0.25) is 4.79 Å². The molecule has 2 N–H and O–H groups in total. The third-order valence-corrected chi connectivity index (χ3v) is 2.44. The molecule has 0 aromatic carbocycles. The minimum Gasteiger partial charge on any atom is -0.369 e. The predicted octanol–water partition coefficient (Wildman–Crippen LogP) is 0.999. The summed E-state index contributed by atoms with van der Waals surface area (Å²) in [5, 5.41) is 0. The van der Waals surface area contributed by atoms with E-state index in [1.165, 1.54) is 0 Å². The molecule has 0 aliphatic heterocycles. The number of nitrogens with two attached hydrogens (primary N) is 1. The Hall–Kier alpha value is -0.610. The maximum absolute atomic E-state index is 12.1. The normalized spacial score (nSPS) is 11.5. The third kappa shape index (κ3) is 4.62. The van der Waals surface area contributed by atoms with Gasteiger partial charge >= 0.3 is 0 Å². The van der Waals surface area contributed by atoms with E-state index in [4.69, 9.17) is 10.5 Å². The van der Waals surface area contributed by atoms with Crippen molar-refractivity contribution in [1.82, 2.24) is 4.90 Å². The van der Waals surface area contributed by atoms with Gasteiger partial charge in [0.2, 0.25) is 0 Å². The van der Waals surface area contributed by atoms with Crippen molar-refractivity contribution in [2.75, 3.05) is 26.7 Å². The third-order valence-electron chi connectivity index (χ3n) is 2.44. The lowest BCUT2D eigenvalue weighted by molar-refractivity contribution is -0.151. The topological polar surface area (TPSA) is 55.6 Å². The van der Waals surface area contributed by atoms with Gasteiger partial charge < -0.3 is 15.4 Å². The summed E-state index contributed by atoms with van der Waals surface area (Å²) in [6, 6.07) is 0. The molecule has 0 aliphatic rings. The quantitative estimate of drug-likeness (QED) is 0.690. The number of carbonyl (C=O) groups is 1. The first-order valence-corrected chi connectivity index (χ1v) is 5.54. The number of carbonyl (C=O) groups excluding carboxylic acids is 1. The van der Waals surface area contributed by atoms with E-state index in [0.717, 1.165) is 25.9 Å². The number of hydrogen-bond donors (Lipinski definition) is 1. The zero-order valence-corrected chi connectivity index (χ0v) is 10.4. The van der Waals surface area contributed by atoms with Crippen molar-refractivity contribution in [3.63, 3.8) is 0 Å². The van der Waals surface area contributed by atoms with E-state index in [2.05, 4.69) is 6.92 Å². The molecule has 0 unspecified atom stereocenters. The molecule has 0 heterocycles. The van der Waals surface area contributed by atoms with Gasteiger partial charge in [0, 0.05) is 20.2 Å². The molecule has 0 saturated carbocycles. The van der Waals surface area contributed by atoms with Crippen LogP contribution in [0.15, 0.2) is 0 Å². The Kier molecular flexibility index (Phi) is 6.52. The Bertz CT molecular complexity index is 193. The smallest absolute Gasteiger partial charge is 0.254 e. The minimum absolute atomic E-state index is 0.0419. The van der Waals surface area contributed by atoms with E-state index in [0.29, 0.717) is 6.54 Å². The highest BCUT2D eigenvalue weighted by Gasteiger charge is 2.30. The van der Waals surface area contributed by atoms with Crippen LogP contribution in [0, 0.1) is 0 Å². The highest BCUT2D eigenvalue weighted by molar-refractivity contribution is 5.84. The van der Waals surface area contributed by atoms with Crippen LogP contribution in [0.5, 0.6) is 0 Å². The molecule has 0 aliphatic carbocycles. The second kappa shape index (κ2) is 6.80. The van der Waals surface area contributed by atoms with Gasteiger partial charge in [-0.15, -0.1) is 0 Å². The van der Waals surface area contributed by atoms with Crippen molar-refractivity contribution >= 4 is 5.91 Å². The Balaban J connectivity index is 4.40. The highest BCUT2D eigenvalue weighted by atomic mass is 16.5. The molecule has 0 radical (unpaired) electrons. The molecule has 0 fully saturated rings. The maximum Gasteiger partial charge on any atom is 0.254 e. The summed E-state index contributed by atoms with van der Waals surface area (Å²) in [5.74, 6) is 0.0419. The van der Waals surface area contributed by atoms with Crippen LogP contribution in [-0.2, 0) is 9.53 Å². The predicted molar refractivity (Wildman–Crippen MR) is 61.6 cm³/mol. The van der Waals surface area contributed by atoms with Gasteiger partial charge in [0.1, 0.15) is 5.60 Å². The van der Waals surface area contributed by atoms with Crippen LogP contribution in [0.3, 0.4) is 0 Å². The minimum atomic E-state index is -0.732. The van der Waals surface area contributed by atoms with Crippen molar-refractivity contribution in [2.24, 2.45) is 5.73 Å². The Labute approximate surface area is 92.8 Å². The van der Waals surface area contributed by atoms with E-state index >= 15 is 0 Å². The second-order valence-electron chi connectivity index (χ2n) is 4.15. The number of amides is 1. The van der Waals surface area contributed by atoms with Crippen molar-refractivity contribution < 1.29 is 9.53 Å². The van der Waals surface area contributed by atoms with E-state index < -0.39 is 5.60 Å². The van der Waals surface area contributed by atoms with Crippen LogP contribution in [0.25, 0.3) is 0 Å². The summed E-state index contributed by atoms with van der Waals surface area (Å²) in [4.78, 5) is 13.9. The van der Waals surface area contributed by atoms with E-state index in [1.807, 2.05) is 4.90 Å². The summed E-state index contributed by atoms with van der Waals surface area (Å²) < 4.78 is 5.18. The van der Waals surface area contributed by atoms with Gasteiger partial charge in [-0.25, -0.2) is 0 Å². The molecule has 0 bridgehead atoms. The lowest BCUT2D eigenvalue weighted by atomic mass is 10.1. The maximum atomic E-state index is 12.1. The first-order valence-electron chi connectivity index (χ1n) is 5.54. The Morgan fingerprint density at radius 1 is 1.40 bits per heavy atom. The highest BCUT2D eigenvalue weighted by Crippen LogP contribution is 2.12. The van der Waals surface area contributed by atoms with E-state index in [1.54, 1.807) is 21.0 Å². The van der Waals surface area contributed by atoms with E-state index in [9.17, 15) is 4.79 Å². The largest absolute Gasteiger partial charge is 0.369 e.